The van der Waals surface area contributed by atoms with Gasteiger partial charge in [-0.3, -0.25) is 4.79 Å². The molecule has 1 aliphatic carbocycles. The Morgan fingerprint density at radius 3 is 2.44 bits per heavy atom. The van der Waals surface area contributed by atoms with Crippen molar-refractivity contribution in [3.05, 3.63) is 28.9 Å². The Kier molecular flexibility index (Phi) is 3.88. The highest BCUT2D eigenvalue weighted by molar-refractivity contribution is 5.91. The molecule has 0 unspecified atom stereocenters. The molecule has 0 aliphatic heterocycles. The van der Waals surface area contributed by atoms with E-state index >= 15 is 0 Å². The number of rotatable bonds is 2. The largest absolute Gasteiger partial charge is 0.466 e. The summed E-state index contributed by atoms with van der Waals surface area (Å²) < 4.78 is 9.57. The molecule has 4 nitrogen and oxygen atoms in total. The van der Waals surface area contributed by atoms with Crippen LogP contribution in [0.25, 0.3) is 0 Å². The zero-order chi connectivity index (χ0) is 12.3. The number of ether oxygens (including phenoxy) is 2. The van der Waals surface area contributed by atoms with E-state index in [1.54, 1.807) is 0 Å². The second kappa shape index (κ2) is 4.96. The predicted octanol–water partition coefficient (Wildman–Crippen LogP) is 1.80. The molecular formula is C12H14O4. The Bertz CT molecular complexity index is 388. The van der Waals surface area contributed by atoms with Crippen LogP contribution in [0.15, 0.2) is 22.5 Å². The van der Waals surface area contributed by atoms with E-state index in [1.165, 1.54) is 14.0 Å². The quantitative estimate of drug-likeness (QED) is 0.668. The number of allylic oxidation sites excluding steroid dienone is 2. The van der Waals surface area contributed by atoms with Crippen molar-refractivity contribution in [2.75, 3.05) is 7.11 Å². The van der Waals surface area contributed by atoms with Crippen molar-refractivity contribution in [2.45, 2.75) is 27.2 Å². The third-order valence-corrected chi connectivity index (χ3v) is 2.33. The molecule has 0 N–H and O–H groups in total. The lowest BCUT2D eigenvalue weighted by atomic mass is 9.92. The minimum Gasteiger partial charge on any atom is -0.466 e. The summed E-state index contributed by atoms with van der Waals surface area (Å²) in [6.07, 6.45) is 3.30. The van der Waals surface area contributed by atoms with Crippen LogP contribution < -0.4 is 0 Å². The topological polar surface area (TPSA) is 52.6 Å². The smallest absolute Gasteiger partial charge is 0.337 e. The Balaban J connectivity index is 3.01. The van der Waals surface area contributed by atoms with Crippen molar-refractivity contribution in [3.63, 3.8) is 0 Å². The van der Waals surface area contributed by atoms with Gasteiger partial charge in [-0.05, 0) is 13.8 Å². The van der Waals surface area contributed by atoms with E-state index in [1.807, 2.05) is 13.8 Å². The van der Waals surface area contributed by atoms with Crippen LogP contribution in [0.4, 0.5) is 0 Å². The van der Waals surface area contributed by atoms with Gasteiger partial charge in [0, 0.05) is 13.3 Å². The van der Waals surface area contributed by atoms with E-state index in [0.717, 1.165) is 11.1 Å². The molecule has 2 radical (unpaired) electrons. The van der Waals surface area contributed by atoms with Crippen molar-refractivity contribution in [2.24, 2.45) is 0 Å². The molecular weight excluding hydrogens is 208 g/mol. The number of methoxy groups -OCH3 is 1. The summed E-state index contributed by atoms with van der Waals surface area (Å²) in [6, 6.07) is 0. The molecule has 0 saturated carbocycles. The van der Waals surface area contributed by atoms with Gasteiger partial charge in [0.15, 0.2) is 0 Å². The lowest BCUT2D eigenvalue weighted by Crippen LogP contribution is -2.16. The number of hydrogen-bond donors (Lipinski definition) is 0. The first-order valence-electron chi connectivity index (χ1n) is 4.89. The van der Waals surface area contributed by atoms with Gasteiger partial charge in [0.25, 0.3) is 0 Å². The van der Waals surface area contributed by atoms with Crippen LogP contribution in [0, 0.1) is 6.42 Å². The van der Waals surface area contributed by atoms with Crippen LogP contribution in [0.2, 0.25) is 0 Å². The molecule has 0 aromatic heterocycles. The summed E-state index contributed by atoms with van der Waals surface area (Å²) in [4.78, 5) is 22.4. The second-order valence-electron chi connectivity index (χ2n) is 3.60. The number of esters is 2. The predicted molar refractivity (Wildman–Crippen MR) is 57.0 cm³/mol. The average Bonchev–Trinajstić information content (AvgIpc) is 2.21. The monoisotopic (exact) mass is 222 g/mol. The molecule has 0 aromatic rings. The minimum absolute atomic E-state index is 0.169. The first kappa shape index (κ1) is 12.5. The van der Waals surface area contributed by atoms with Gasteiger partial charge in [-0.15, -0.1) is 0 Å². The fourth-order valence-corrected chi connectivity index (χ4v) is 1.35. The third kappa shape index (κ3) is 2.72. The molecule has 0 atom stereocenters. The summed E-state index contributed by atoms with van der Waals surface area (Å²) in [5.74, 6) is -0.797. The van der Waals surface area contributed by atoms with E-state index in [0.29, 0.717) is 12.0 Å². The van der Waals surface area contributed by atoms with Gasteiger partial charge in [0.2, 0.25) is 0 Å². The molecule has 0 heterocycles. The molecule has 86 valence electrons. The van der Waals surface area contributed by atoms with Crippen LogP contribution >= 0.6 is 0 Å². The third-order valence-electron chi connectivity index (χ3n) is 2.33. The molecule has 1 aliphatic rings. The van der Waals surface area contributed by atoms with Crippen LogP contribution in [-0.4, -0.2) is 19.0 Å². The highest BCUT2D eigenvalue weighted by atomic mass is 16.5. The van der Waals surface area contributed by atoms with Crippen molar-refractivity contribution in [1.82, 2.24) is 0 Å². The van der Waals surface area contributed by atoms with E-state index in [4.69, 9.17) is 4.74 Å². The van der Waals surface area contributed by atoms with Gasteiger partial charge in [-0.1, -0.05) is 11.1 Å². The summed E-state index contributed by atoms with van der Waals surface area (Å²) in [6.45, 7) is 5.03. The van der Waals surface area contributed by atoms with Gasteiger partial charge in [0.1, 0.15) is 5.76 Å². The summed E-state index contributed by atoms with van der Waals surface area (Å²) >= 11 is 0. The molecule has 0 amide bonds. The van der Waals surface area contributed by atoms with Gasteiger partial charge >= 0.3 is 11.9 Å². The molecule has 1 rings (SSSR count). The van der Waals surface area contributed by atoms with Crippen molar-refractivity contribution in [3.8, 4) is 0 Å². The standard InChI is InChI=1S/C12H14O4/c1-7-5-10(12(14)15-4)11(6-8(7)2)16-9(3)13/h5H2,1-4H3. The van der Waals surface area contributed by atoms with Crippen LogP contribution in [0.1, 0.15) is 27.2 Å². The number of hydrogen-bond acceptors (Lipinski definition) is 4. The van der Waals surface area contributed by atoms with E-state index in [-0.39, 0.29) is 5.76 Å². The Hall–Kier alpha value is -1.58. The minimum atomic E-state index is -0.490. The van der Waals surface area contributed by atoms with E-state index in [2.05, 4.69) is 11.2 Å². The van der Waals surface area contributed by atoms with Crippen molar-refractivity contribution >= 4 is 11.9 Å². The maximum absolute atomic E-state index is 11.5. The lowest BCUT2D eigenvalue weighted by molar-refractivity contribution is -0.138. The van der Waals surface area contributed by atoms with E-state index in [9.17, 15) is 9.59 Å². The summed E-state index contributed by atoms with van der Waals surface area (Å²) in [5, 5.41) is 0. The molecule has 0 fully saturated rings. The fraction of sp³-hybridized carbons (Fsp3) is 0.417. The molecule has 16 heavy (non-hydrogen) atoms. The molecule has 0 spiro atoms. The average molecular weight is 222 g/mol. The molecule has 0 bridgehead atoms. The van der Waals surface area contributed by atoms with Gasteiger partial charge in [-0.2, -0.15) is 0 Å². The number of carbonyl (C=O) groups excluding carboxylic acids is 2. The first-order valence-corrected chi connectivity index (χ1v) is 4.89. The van der Waals surface area contributed by atoms with Gasteiger partial charge in [0.05, 0.1) is 19.1 Å². The van der Waals surface area contributed by atoms with Gasteiger partial charge in [-0.25, -0.2) is 4.79 Å². The highest BCUT2D eigenvalue weighted by Crippen LogP contribution is 2.30. The van der Waals surface area contributed by atoms with Crippen molar-refractivity contribution in [1.29, 1.82) is 0 Å². The first-order chi connectivity index (χ1) is 7.45. The molecule has 0 saturated heterocycles. The summed E-state index contributed by atoms with van der Waals surface area (Å²) in [7, 11) is 1.29. The van der Waals surface area contributed by atoms with E-state index < -0.39 is 11.9 Å². The number of carbonyl (C=O) groups is 2. The lowest BCUT2D eigenvalue weighted by Gasteiger charge is -2.19. The highest BCUT2D eigenvalue weighted by Gasteiger charge is 2.25. The van der Waals surface area contributed by atoms with Crippen LogP contribution in [0.3, 0.4) is 0 Å². The van der Waals surface area contributed by atoms with Gasteiger partial charge < -0.3 is 9.47 Å². The normalized spacial score (nSPS) is 16.2. The van der Waals surface area contributed by atoms with Crippen LogP contribution in [-0.2, 0) is 19.1 Å². The van der Waals surface area contributed by atoms with Crippen LogP contribution in [0.5, 0.6) is 0 Å². The van der Waals surface area contributed by atoms with Crippen molar-refractivity contribution < 1.29 is 19.1 Å². The Morgan fingerprint density at radius 2 is 1.94 bits per heavy atom. The SMILES string of the molecule is COC(=O)C1=C(OC(C)=O)[C]C(C)=C(C)C1. The summed E-state index contributed by atoms with van der Waals surface area (Å²) in [5.41, 5.74) is 2.22. The Labute approximate surface area is 94.9 Å². The zero-order valence-corrected chi connectivity index (χ0v) is 9.84. The molecule has 4 heteroatoms. The zero-order valence-electron chi connectivity index (χ0n) is 9.84. The fourth-order valence-electron chi connectivity index (χ4n) is 1.35. The molecule has 0 aromatic carbocycles. The maximum Gasteiger partial charge on any atom is 0.337 e. The maximum atomic E-state index is 11.5. The second-order valence-corrected chi connectivity index (χ2v) is 3.60. The Morgan fingerprint density at radius 1 is 1.31 bits per heavy atom.